The zero-order chi connectivity index (χ0) is 18.7. The van der Waals surface area contributed by atoms with Gasteiger partial charge in [-0.15, -0.1) is 0 Å². The maximum absolute atomic E-state index is 13.4. The van der Waals surface area contributed by atoms with Crippen LogP contribution in [0.3, 0.4) is 0 Å². The van der Waals surface area contributed by atoms with Crippen LogP contribution in [0.25, 0.3) is 0 Å². The topological polar surface area (TPSA) is 61.4 Å². The van der Waals surface area contributed by atoms with E-state index in [1.165, 1.54) is 5.56 Å². The van der Waals surface area contributed by atoms with Crippen molar-refractivity contribution in [2.45, 2.75) is 58.0 Å². The van der Waals surface area contributed by atoms with Gasteiger partial charge in [-0.05, 0) is 51.8 Å². The summed E-state index contributed by atoms with van der Waals surface area (Å²) in [7, 11) is 1.88. The number of hydrogen-bond donors (Lipinski definition) is 2. The normalized spacial score (nSPS) is 26.3. The highest BCUT2D eigenvalue weighted by atomic mass is 16.2. The van der Waals surface area contributed by atoms with Gasteiger partial charge >= 0.3 is 0 Å². The van der Waals surface area contributed by atoms with Crippen molar-refractivity contribution in [3.8, 4) is 0 Å². The van der Waals surface area contributed by atoms with E-state index < -0.39 is 0 Å². The van der Waals surface area contributed by atoms with Crippen LogP contribution in [0.2, 0.25) is 0 Å². The number of nitrogens with zero attached hydrogens (tertiary/aromatic N) is 1. The molecule has 4 unspecified atom stereocenters. The largest absolute Gasteiger partial charge is 0.354 e. The van der Waals surface area contributed by atoms with E-state index in [4.69, 9.17) is 0 Å². The number of fused-ring (bicyclic) bond motifs is 1. The van der Waals surface area contributed by atoms with Crippen molar-refractivity contribution in [2.75, 3.05) is 18.5 Å². The molecular weight excluding hydrogens is 326 g/mol. The maximum atomic E-state index is 13.4. The van der Waals surface area contributed by atoms with E-state index in [1.807, 2.05) is 37.1 Å². The fraction of sp³-hybridized carbons (Fsp3) is 0.619. The predicted octanol–water partition coefficient (Wildman–Crippen LogP) is 2.49. The molecule has 2 N–H and O–H groups in total. The Bertz CT molecular complexity index is 660. The zero-order valence-electron chi connectivity index (χ0n) is 16.1. The summed E-state index contributed by atoms with van der Waals surface area (Å²) in [6.45, 7) is 4.73. The molecule has 1 heterocycles. The Morgan fingerprint density at radius 2 is 1.88 bits per heavy atom. The van der Waals surface area contributed by atoms with Gasteiger partial charge in [0.15, 0.2) is 0 Å². The Balaban J connectivity index is 1.75. The number of carbonyl (C=O) groups is 2. The summed E-state index contributed by atoms with van der Waals surface area (Å²) in [5, 5.41) is 6.17. The molecule has 1 aliphatic heterocycles. The molecular formula is C21H31N3O2. The molecule has 142 valence electrons. The van der Waals surface area contributed by atoms with Crippen molar-refractivity contribution >= 4 is 17.5 Å². The average molecular weight is 357 g/mol. The first kappa shape index (κ1) is 18.9. The Morgan fingerprint density at radius 3 is 2.62 bits per heavy atom. The lowest BCUT2D eigenvalue weighted by atomic mass is 9.77. The summed E-state index contributed by atoms with van der Waals surface area (Å²) in [6.07, 6.45) is 4.56. The van der Waals surface area contributed by atoms with Crippen LogP contribution in [0.5, 0.6) is 0 Å². The fourth-order valence-electron chi connectivity index (χ4n) is 4.31. The van der Waals surface area contributed by atoms with Crippen LogP contribution >= 0.6 is 0 Å². The number of amides is 2. The number of nitrogens with one attached hydrogen (secondary N) is 2. The number of anilines is 1. The Morgan fingerprint density at radius 1 is 1.19 bits per heavy atom. The lowest BCUT2D eigenvalue weighted by molar-refractivity contribution is -0.135. The van der Waals surface area contributed by atoms with E-state index in [0.29, 0.717) is 6.54 Å². The fourth-order valence-corrected chi connectivity index (χ4v) is 4.31. The third kappa shape index (κ3) is 3.78. The van der Waals surface area contributed by atoms with Gasteiger partial charge in [-0.2, -0.15) is 0 Å². The minimum absolute atomic E-state index is 0.0327. The van der Waals surface area contributed by atoms with Crippen LogP contribution in [-0.2, 0) is 16.0 Å². The number of benzene rings is 1. The van der Waals surface area contributed by atoms with Crippen LogP contribution in [-0.4, -0.2) is 37.5 Å². The minimum Gasteiger partial charge on any atom is -0.354 e. The summed E-state index contributed by atoms with van der Waals surface area (Å²) in [5.74, 6) is -0.253. The molecule has 1 aliphatic carbocycles. The highest BCUT2D eigenvalue weighted by Crippen LogP contribution is 2.38. The summed E-state index contributed by atoms with van der Waals surface area (Å²) in [4.78, 5) is 28.1. The number of hydrogen-bond acceptors (Lipinski definition) is 3. The molecule has 5 nitrogen and oxygen atoms in total. The molecule has 26 heavy (non-hydrogen) atoms. The number of likely N-dealkylation sites (N-methyl/N-ethyl adjacent to an activating group) is 1. The van der Waals surface area contributed by atoms with Crippen molar-refractivity contribution in [3.63, 3.8) is 0 Å². The second-order valence-electron chi connectivity index (χ2n) is 7.82. The molecule has 3 rings (SSSR count). The maximum Gasteiger partial charge on any atom is 0.231 e. The Labute approximate surface area is 156 Å². The van der Waals surface area contributed by atoms with Crippen molar-refractivity contribution in [1.29, 1.82) is 0 Å². The molecule has 0 bridgehead atoms. The van der Waals surface area contributed by atoms with Crippen molar-refractivity contribution in [3.05, 3.63) is 29.8 Å². The van der Waals surface area contributed by atoms with Crippen molar-refractivity contribution < 1.29 is 9.59 Å². The molecule has 1 fully saturated rings. The quantitative estimate of drug-likeness (QED) is 0.851. The molecule has 0 radical (unpaired) electrons. The molecule has 5 heteroatoms. The smallest absolute Gasteiger partial charge is 0.231 e. The van der Waals surface area contributed by atoms with Gasteiger partial charge in [-0.25, -0.2) is 0 Å². The molecule has 2 amide bonds. The van der Waals surface area contributed by atoms with E-state index in [0.717, 1.165) is 37.8 Å². The van der Waals surface area contributed by atoms with E-state index in [9.17, 15) is 9.59 Å². The minimum atomic E-state index is -0.208. The van der Waals surface area contributed by atoms with Crippen LogP contribution in [0, 0.1) is 11.8 Å². The van der Waals surface area contributed by atoms with E-state index in [-0.39, 0.29) is 35.7 Å². The second-order valence-corrected chi connectivity index (χ2v) is 7.82. The highest BCUT2D eigenvalue weighted by Gasteiger charge is 2.41. The molecule has 1 aromatic rings. The molecule has 0 saturated heterocycles. The van der Waals surface area contributed by atoms with Crippen LogP contribution in [0.4, 0.5) is 5.69 Å². The summed E-state index contributed by atoms with van der Waals surface area (Å²) >= 11 is 0. The zero-order valence-corrected chi connectivity index (χ0v) is 16.1. The van der Waals surface area contributed by atoms with Gasteiger partial charge in [-0.1, -0.05) is 31.0 Å². The van der Waals surface area contributed by atoms with Gasteiger partial charge in [0.1, 0.15) is 0 Å². The summed E-state index contributed by atoms with van der Waals surface area (Å²) in [5.41, 5.74) is 2.26. The lowest BCUT2D eigenvalue weighted by Gasteiger charge is -2.34. The van der Waals surface area contributed by atoms with Crippen LogP contribution in [0.15, 0.2) is 24.3 Å². The Kier molecular flexibility index (Phi) is 5.97. The third-order valence-electron chi connectivity index (χ3n) is 5.94. The number of rotatable bonds is 5. The third-order valence-corrected chi connectivity index (χ3v) is 5.94. The van der Waals surface area contributed by atoms with Gasteiger partial charge in [0.05, 0.1) is 5.92 Å². The monoisotopic (exact) mass is 357 g/mol. The molecule has 2 aliphatic rings. The first-order valence-corrected chi connectivity index (χ1v) is 9.89. The van der Waals surface area contributed by atoms with E-state index in [1.54, 1.807) is 0 Å². The first-order chi connectivity index (χ1) is 12.5. The molecule has 4 atom stereocenters. The second kappa shape index (κ2) is 8.21. The standard InChI is InChI=1S/C21H31N3O2/c1-14(22-3)13-23-20(25)17-9-5-6-10-18(17)21(26)24-15(2)12-16-8-4-7-11-19(16)24/h4,7-8,11,14-15,17-18,22H,5-6,9-10,12-13H2,1-3H3,(H,23,25). The van der Waals surface area contributed by atoms with Gasteiger partial charge in [0.25, 0.3) is 0 Å². The van der Waals surface area contributed by atoms with E-state index >= 15 is 0 Å². The first-order valence-electron chi connectivity index (χ1n) is 9.89. The van der Waals surface area contributed by atoms with Gasteiger partial charge in [0.2, 0.25) is 11.8 Å². The van der Waals surface area contributed by atoms with Gasteiger partial charge in [0, 0.05) is 30.2 Å². The summed E-state index contributed by atoms with van der Waals surface area (Å²) in [6, 6.07) is 8.53. The lowest BCUT2D eigenvalue weighted by Crippen LogP contribution is -2.48. The van der Waals surface area contributed by atoms with Gasteiger partial charge in [-0.3, -0.25) is 9.59 Å². The molecule has 0 aromatic heterocycles. The van der Waals surface area contributed by atoms with E-state index in [2.05, 4.69) is 23.6 Å². The molecule has 1 aromatic carbocycles. The number of para-hydroxylation sites is 1. The number of carbonyl (C=O) groups excluding carboxylic acids is 2. The Hall–Kier alpha value is -1.88. The molecule has 1 saturated carbocycles. The van der Waals surface area contributed by atoms with Crippen molar-refractivity contribution in [1.82, 2.24) is 10.6 Å². The highest BCUT2D eigenvalue weighted by molar-refractivity contribution is 6.00. The summed E-state index contributed by atoms with van der Waals surface area (Å²) < 4.78 is 0. The average Bonchev–Trinajstić information content (AvgIpc) is 3.00. The van der Waals surface area contributed by atoms with Crippen LogP contribution in [0.1, 0.15) is 45.1 Å². The SMILES string of the molecule is CNC(C)CNC(=O)C1CCCCC1C(=O)N1c2ccccc2CC1C. The van der Waals surface area contributed by atoms with Crippen LogP contribution < -0.4 is 15.5 Å². The van der Waals surface area contributed by atoms with Crippen molar-refractivity contribution in [2.24, 2.45) is 11.8 Å². The molecule has 0 spiro atoms. The predicted molar refractivity (Wildman–Crippen MR) is 104 cm³/mol. The van der Waals surface area contributed by atoms with Gasteiger partial charge < -0.3 is 15.5 Å².